The van der Waals surface area contributed by atoms with Crippen molar-refractivity contribution in [1.29, 1.82) is 0 Å². The van der Waals surface area contributed by atoms with Gasteiger partial charge in [0, 0.05) is 11.4 Å². The lowest BCUT2D eigenvalue weighted by atomic mass is 10.0. The lowest BCUT2D eigenvalue weighted by molar-refractivity contribution is -0.148. The summed E-state index contributed by atoms with van der Waals surface area (Å²) in [5.41, 5.74) is 2.00. The molecule has 2 amide bonds. The summed E-state index contributed by atoms with van der Waals surface area (Å²) in [6.45, 7) is 6.86. The highest BCUT2D eigenvalue weighted by atomic mass is 32.2. The Kier molecular flexibility index (Phi) is 5.24. The number of rotatable bonds is 5. The van der Waals surface area contributed by atoms with Gasteiger partial charge in [-0.1, -0.05) is 0 Å². The van der Waals surface area contributed by atoms with Gasteiger partial charge < -0.3 is 20.1 Å². The van der Waals surface area contributed by atoms with Crippen molar-refractivity contribution in [3.8, 4) is 0 Å². The van der Waals surface area contributed by atoms with E-state index < -0.39 is 35.2 Å². The predicted octanol–water partition coefficient (Wildman–Crippen LogP) is 1.18. The van der Waals surface area contributed by atoms with Crippen molar-refractivity contribution in [3.05, 3.63) is 33.8 Å². The van der Waals surface area contributed by atoms with Crippen LogP contribution in [0.25, 0.3) is 0 Å². The van der Waals surface area contributed by atoms with Crippen LogP contribution in [0.5, 0.6) is 0 Å². The zero-order valence-electron chi connectivity index (χ0n) is 15.9. The topological polar surface area (TPSA) is 129 Å². The Bertz CT molecular complexity index is 919. The molecule has 0 spiro atoms. The molecular weight excluding hydrogens is 386 g/mol. The molecule has 3 rings (SSSR count). The first kappa shape index (κ1) is 20.0. The van der Waals surface area contributed by atoms with Crippen LogP contribution in [-0.4, -0.2) is 62.5 Å². The number of carboxylic acid groups (broad SMARTS) is 1. The Hall–Kier alpha value is -2.75. The molecule has 0 unspecified atom stereocenters. The van der Waals surface area contributed by atoms with Crippen molar-refractivity contribution >= 4 is 35.5 Å². The van der Waals surface area contributed by atoms with Gasteiger partial charge in [0.2, 0.25) is 0 Å². The maximum atomic E-state index is 12.8. The summed E-state index contributed by atoms with van der Waals surface area (Å²) >= 11 is 1.40. The SMILES string of the molecule is CCOC(=O)c1[nH]c(C)c(C(=O)N[C@@H]2C(=O)N3C(C(=O)O)=C(C)CS[C@H]23)c1C. The number of nitrogens with zero attached hydrogens (tertiary/aromatic N) is 1. The van der Waals surface area contributed by atoms with Crippen LogP contribution in [-0.2, 0) is 14.3 Å². The largest absolute Gasteiger partial charge is 0.477 e. The fourth-order valence-electron chi connectivity index (χ4n) is 3.49. The number of thioether (sulfide) groups is 1. The smallest absolute Gasteiger partial charge is 0.355 e. The molecule has 28 heavy (non-hydrogen) atoms. The second-order valence-electron chi connectivity index (χ2n) is 6.64. The Morgan fingerprint density at radius 2 is 2.00 bits per heavy atom. The summed E-state index contributed by atoms with van der Waals surface area (Å²) in [6, 6.07) is -0.820. The Morgan fingerprint density at radius 1 is 1.32 bits per heavy atom. The average molecular weight is 407 g/mol. The number of carbonyl (C=O) groups is 4. The predicted molar refractivity (Wildman–Crippen MR) is 101 cm³/mol. The standard InChI is InChI=1S/C18H21N3O6S/c1-5-27-18(26)11-8(3)10(9(4)19-11)14(22)20-12-15(23)21-13(17(24)25)7(2)6-28-16(12)21/h12,16,19H,5-6H2,1-4H3,(H,20,22)(H,24,25)/t12-,16-/m1/s1. The molecule has 0 radical (unpaired) electrons. The number of aliphatic carboxylic acids is 1. The molecule has 0 bridgehead atoms. The summed E-state index contributed by atoms with van der Waals surface area (Å²) < 4.78 is 4.98. The van der Waals surface area contributed by atoms with Gasteiger partial charge in [0.25, 0.3) is 11.8 Å². The third-order valence-corrected chi connectivity index (χ3v) is 6.22. The van der Waals surface area contributed by atoms with E-state index in [1.54, 1.807) is 27.7 Å². The highest BCUT2D eigenvalue weighted by molar-refractivity contribution is 8.00. The van der Waals surface area contributed by atoms with Crippen LogP contribution in [0.2, 0.25) is 0 Å². The number of aryl methyl sites for hydroxylation is 1. The molecule has 0 aliphatic carbocycles. The van der Waals surface area contributed by atoms with Crippen LogP contribution in [0, 0.1) is 13.8 Å². The van der Waals surface area contributed by atoms with Crippen LogP contribution in [0.1, 0.15) is 46.0 Å². The number of aromatic nitrogens is 1. The van der Waals surface area contributed by atoms with Crippen molar-refractivity contribution in [2.75, 3.05) is 12.4 Å². The second kappa shape index (κ2) is 7.34. The molecule has 1 saturated heterocycles. The van der Waals surface area contributed by atoms with Gasteiger partial charge in [0.15, 0.2) is 0 Å². The highest BCUT2D eigenvalue weighted by Crippen LogP contribution is 2.40. The van der Waals surface area contributed by atoms with E-state index in [4.69, 9.17) is 4.74 Å². The van der Waals surface area contributed by atoms with E-state index in [9.17, 15) is 24.3 Å². The number of β-lactam (4-membered cyclic amide) rings is 1. The minimum absolute atomic E-state index is 0.0159. The molecule has 1 aromatic heterocycles. The molecule has 9 nitrogen and oxygen atoms in total. The molecule has 0 saturated carbocycles. The monoisotopic (exact) mass is 407 g/mol. The average Bonchev–Trinajstić information content (AvgIpc) is 2.93. The first-order valence-corrected chi connectivity index (χ1v) is 9.78. The van der Waals surface area contributed by atoms with Crippen molar-refractivity contribution in [2.45, 2.75) is 39.1 Å². The maximum absolute atomic E-state index is 12.8. The first-order valence-electron chi connectivity index (χ1n) is 8.73. The Morgan fingerprint density at radius 3 is 2.61 bits per heavy atom. The van der Waals surface area contributed by atoms with Crippen molar-refractivity contribution in [1.82, 2.24) is 15.2 Å². The highest BCUT2D eigenvalue weighted by Gasteiger charge is 2.53. The van der Waals surface area contributed by atoms with E-state index >= 15 is 0 Å². The van der Waals surface area contributed by atoms with Crippen LogP contribution in [0.3, 0.4) is 0 Å². The number of hydrogen-bond donors (Lipinski definition) is 3. The fourth-order valence-corrected chi connectivity index (χ4v) is 4.78. The lowest BCUT2D eigenvalue weighted by Crippen LogP contribution is -2.70. The number of esters is 1. The molecule has 3 N–H and O–H groups in total. The zero-order chi connectivity index (χ0) is 20.7. The van der Waals surface area contributed by atoms with E-state index in [0.29, 0.717) is 22.6 Å². The van der Waals surface area contributed by atoms with Gasteiger partial charge in [-0.25, -0.2) is 9.59 Å². The zero-order valence-corrected chi connectivity index (χ0v) is 16.7. The Labute approximate surface area is 165 Å². The number of amides is 2. The number of nitrogens with one attached hydrogen (secondary N) is 2. The normalized spacial score (nSPS) is 21.1. The lowest BCUT2D eigenvalue weighted by Gasteiger charge is -2.49. The van der Waals surface area contributed by atoms with Crippen LogP contribution >= 0.6 is 11.8 Å². The first-order chi connectivity index (χ1) is 13.2. The summed E-state index contributed by atoms with van der Waals surface area (Å²) in [5.74, 6) is -2.19. The summed E-state index contributed by atoms with van der Waals surface area (Å²) in [5, 5.41) is 11.6. The van der Waals surface area contributed by atoms with Crippen molar-refractivity contribution in [3.63, 3.8) is 0 Å². The van der Waals surface area contributed by atoms with E-state index in [-0.39, 0.29) is 23.6 Å². The van der Waals surface area contributed by atoms with E-state index in [0.717, 1.165) is 0 Å². The van der Waals surface area contributed by atoms with Gasteiger partial charge in [-0.05, 0) is 38.8 Å². The van der Waals surface area contributed by atoms with Gasteiger partial charge in [-0.2, -0.15) is 0 Å². The van der Waals surface area contributed by atoms with Gasteiger partial charge in [0.05, 0.1) is 12.2 Å². The number of H-pyrrole nitrogens is 1. The van der Waals surface area contributed by atoms with E-state index in [1.807, 2.05) is 0 Å². The van der Waals surface area contributed by atoms with Crippen LogP contribution < -0.4 is 5.32 Å². The molecule has 150 valence electrons. The third-order valence-electron chi connectivity index (χ3n) is 4.79. The van der Waals surface area contributed by atoms with Crippen LogP contribution in [0.15, 0.2) is 11.3 Å². The van der Waals surface area contributed by atoms with Crippen molar-refractivity contribution < 1.29 is 29.0 Å². The van der Waals surface area contributed by atoms with Gasteiger partial charge in [0.1, 0.15) is 22.8 Å². The van der Waals surface area contributed by atoms with E-state index in [2.05, 4.69) is 10.3 Å². The summed E-state index contributed by atoms with van der Waals surface area (Å²) in [6.07, 6.45) is 0. The fraction of sp³-hybridized carbons (Fsp3) is 0.444. The molecular formula is C18H21N3O6S. The maximum Gasteiger partial charge on any atom is 0.355 e. The van der Waals surface area contributed by atoms with Gasteiger partial charge in [-0.3, -0.25) is 14.5 Å². The van der Waals surface area contributed by atoms with Crippen LogP contribution in [0.4, 0.5) is 0 Å². The molecule has 1 aromatic rings. The molecule has 2 aliphatic heterocycles. The Balaban J connectivity index is 1.80. The molecule has 2 aliphatic rings. The molecule has 0 aromatic carbocycles. The minimum Gasteiger partial charge on any atom is -0.477 e. The molecule has 2 atom stereocenters. The van der Waals surface area contributed by atoms with Gasteiger partial charge in [-0.15, -0.1) is 11.8 Å². The number of carboxylic acids is 1. The number of fused-ring (bicyclic) bond motifs is 1. The molecule has 1 fully saturated rings. The third kappa shape index (κ3) is 3.07. The second-order valence-corrected chi connectivity index (χ2v) is 7.75. The number of hydrogen-bond acceptors (Lipinski definition) is 6. The number of aromatic amines is 1. The summed E-state index contributed by atoms with van der Waals surface area (Å²) in [7, 11) is 0. The summed E-state index contributed by atoms with van der Waals surface area (Å²) in [4.78, 5) is 52.9. The molecule has 10 heteroatoms. The molecule has 3 heterocycles. The van der Waals surface area contributed by atoms with E-state index in [1.165, 1.54) is 16.7 Å². The van der Waals surface area contributed by atoms with Gasteiger partial charge >= 0.3 is 11.9 Å². The quantitative estimate of drug-likeness (QED) is 0.494. The van der Waals surface area contributed by atoms with Crippen molar-refractivity contribution in [2.24, 2.45) is 0 Å². The minimum atomic E-state index is -1.16. The number of ether oxygens (including phenoxy) is 1. The number of carbonyl (C=O) groups excluding carboxylic acids is 3.